The highest BCUT2D eigenvalue weighted by Gasteiger charge is 2.70. The van der Waals surface area contributed by atoms with Crippen LogP contribution in [0, 0.1) is 27.8 Å². The number of piperidine rings is 1. The van der Waals surface area contributed by atoms with Crippen LogP contribution in [0.5, 0.6) is 0 Å². The van der Waals surface area contributed by atoms with E-state index in [4.69, 9.17) is 27.9 Å². The average molecular weight is 712 g/mol. The highest BCUT2D eigenvalue weighted by atomic mass is 35.5. The number of halogens is 3. The van der Waals surface area contributed by atoms with Crippen LogP contribution in [0.25, 0.3) is 0 Å². The summed E-state index contributed by atoms with van der Waals surface area (Å²) in [6.45, 7) is 3.84. The van der Waals surface area contributed by atoms with Gasteiger partial charge >= 0.3 is 5.97 Å². The summed E-state index contributed by atoms with van der Waals surface area (Å²) in [5.74, 6) is -3.86. The van der Waals surface area contributed by atoms with Gasteiger partial charge in [0.25, 0.3) is 5.69 Å². The molecule has 258 valence electrons. The molecule has 49 heavy (non-hydrogen) atoms. The fourth-order valence-corrected chi connectivity index (χ4v) is 8.49. The van der Waals surface area contributed by atoms with Crippen molar-refractivity contribution in [1.82, 2.24) is 4.90 Å². The number of carbonyl (C=O) groups is 3. The minimum absolute atomic E-state index is 0. The van der Waals surface area contributed by atoms with E-state index in [-0.39, 0.29) is 41.8 Å². The second-order valence-corrected chi connectivity index (χ2v) is 14.4. The number of hydrogen-bond donors (Lipinski definition) is 1. The van der Waals surface area contributed by atoms with Crippen molar-refractivity contribution in [2.45, 2.75) is 63.5 Å². The average Bonchev–Trinajstić information content (AvgIpc) is 3.77. The molecule has 1 N–H and O–H groups in total. The second kappa shape index (κ2) is 12.4. The molecule has 3 aliphatic heterocycles. The van der Waals surface area contributed by atoms with Crippen molar-refractivity contribution in [2.75, 3.05) is 30.4 Å². The topological polar surface area (TPSA) is 122 Å². The Kier molecular flexibility index (Phi) is 8.78. The maximum absolute atomic E-state index is 16.2. The van der Waals surface area contributed by atoms with Crippen LogP contribution in [0.1, 0.15) is 63.1 Å². The number of rotatable bonds is 7. The van der Waals surface area contributed by atoms with Gasteiger partial charge < -0.3 is 15.0 Å². The number of nitrogens with zero attached hydrogens (tertiary/aromatic N) is 3. The van der Waals surface area contributed by atoms with E-state index in [1.54, 1.807) is 50.2 Å². The summed E-state index contributed by atoms with van der Waals surface area (Å²) in [6, 6.07) is 13.5. The van der Waals surface area contributed by atoms with Crippen molar-refractivity contribution < 1.29 is 28.4 Å². The normalized spacial score (nSPS) is 24.7. The lowest BCUT2D eigenvalue weighted by atomic mass is 9.70. The summed E-state index contributed by atoms with van der Waals surface area (Å²) >= 11 is 12.7. The molecule has 0 radical (unpaired) electrons. The molecule has 0 unspecified atom stereocenters. The van der Waals surface area contributed by atoms with Crippen molar-refractivity contribution in [1.29, 1.82) is 0 Å². The largest absolute Gasteiger partial charge is 0.468 e. The van der Waals surface area contributed by atoms with Crippen molar-refractivity contribution in [3.8, 4) is 0 Å². The number of carbonyl (C=O) groups excluding carboxylic acids is 3. The fraction of sp³-hybridized carbons (Fsp3) is 0.417. The maximum Gasteiger partial charge on any atom is 0.315 e. The molecule has 1 saturated carbocycles. The Balaban J connectivity index is 0.00000417. The van der Waals surface area contributed by atoms with E-state index in [0.717, 1.165) is 12.8 Å². The summed E-state index contributed by atoms with van der Waals surface area (Å²) in [5, 5.41) is 15.7. The summed E-state index contributed by atoms with van der Waals surface area (Å²) in [6.07, 6.45) is 2.30. The van der Waals surface area contributed by atoms with E-state index in [9.17, 15) is 24.5 Å². The molecule has 4 aliphatic rings. The number of fused-ring (bicyclic) bond motifs is 3. The highest BCUT2D eigenvalue weighted by Crippen LogP contribution is 2.62. The Bertz CT molecular complexity index is 1900. The van der Waals surface area contributed by atoms with Crippen LogP contribution >= 0.6 is 23.2 Å². The lowest BCUT2D eigenvalue weighted by molar-refractivity contribution is -0.384. The Morgan fingerprint density at radius 3 is 2.53 bits per heavy atom. The van der Waals surface area contributed by atoms with Gasteiger partial charge in [0, 0.05) is 47.4 Å². The number of anilines is 2. The van der Waals surface area contributed by atoms with Crippen molar-refractivity contribution >= 4 is 58.0 Å². The summed E-state index contributed by atoms with van der Waals surface area (Å²) in [4.78, 5) is 57.4. The predicted molar refractivity (Wildman–Crippen MR) is 184 cm³/mol. The third kappa shape index (κ3) is 5.20. The summed E-state index contributed by atoms with van der Waals surface area (Å²) in [7, 11) is 1.24. The molecule has 10 nitrogen and oxygen atoms in total. The van der Waals surface area contributed by atoms with Crippen molar-refractivity contribution in [3.63, 3.8) is 0 Å². The predicted octanol–water partition coefficient (Wildman–Crippen LogP) is 7.21. The number of ether oxygens (including phenoxy) is 1. The fourth-order valence-electron chi connectivity index (χ4n) is 8.13. The molecule has 3 aromatic carbocycles. The molecule has 2 amide bonds. The monoisotopic (exact) mass is 710 g/mol. The molecule has 2 saturated heterocycles. The molecule has 1 aliphatic carbocycles. The number of esters is 1. The van der Waals surface area contributed by atoms with Gasteiger partial charge in [-0.2, -0.15) is 0 Å². The SMILES string of the molecule is C.COC(=O)C(C)(C)c1ccc(N2CC[C@H]3[C@@H](C2=O)[C@H](c2cccc(Cl)c2F)[C@]2(C(=O)Nc4cc(Cl)ccc42)N3CC2CC2)c([N+](=O)[O-])c1. The minimum atomic E-state index is -1.48. The third-order valence-electron chi connectivity index (χ3n) is 10.6. The van der Waals surface area contributed by atoms with E-state index < -0.39 is 51.4 Å². The number of amides is 2. The molecule has 7 rings (SSSR count). The summed E-state index contributed by atoms with van der Waals surface area (Å²) in [5.41, 5.74) is -1.43. The molecule has 3 fully saturated rings. The molecular formula is C36H37Cl2FN4O6. The zero-order chi connectivity index (χ0) is 34.3. The molecular weight excluding hydrogens is 674 g/mol. The zero-order valence-corrected chi connectivity index (χ0v) is 28.0. The number of nitrogens with one attached hydrogen (secondary N) is 1. The smallest absolute Gasteiger partial charge is 0.315 e. The number of nitro benzene ring substituents is 1. The van der Waals surface area contributed by atoms with E-state index in [1.807, 2.05) is 0 Å². The number of hydrogen-bond acceptors (Lipinski definition) is 7. The lowest BCUT2D eigenvalue weighted by Crippen LogP contribution is -2.54. The van der Waals surface area contributed by atoms with Gasteiger partial charge in [-0.3, -0.25) is 29.4 Å². The first kappa shape index (κ1) is 34.8. The molecule has 4 atom stereocenters. The quantitative estimate of drug-likeness (QED) is 0.156. The summed E-state index contributed by atoms with van der Waals surface area (Å²) < 4.78 is 21.2. The van der Waals surface area contributed by atoms with Gasteiger partial charge in [-0.15, -0.1) is 0 Å². The molecule has 0 aromatic heterocycles. The third-order valence-corrected chi connectivity index (χ3v) is 11.1. The first-order chi connectivity index (χ1) is 22.8. The number of likely N-dealkylation sites (tertiary alicyclic amines) is 1. The van der Waals surface area contributed by atoms with Crippen LogP contribution in [-0.4, -0.2) is 53.8 Å². The van der Waals surface area contributed by atoms with Crippen molar-refractivity contribution in [2.24, 2.45) is 11.8 Å². The van der Waals surface area contributed by atoms with Gasteiger partial charge in [0.05, 0.1) is 28.4 Å². The number of benzene rings is 3. The standard InChI is InChI=1S/C35H33Cl2FN4O6.CH4/c1-34(2,33(45)48-3)19-9-12-25(27(15-19)42(46)47)40-14-13-26-28(31(40)43)29(21-5-4-6-23(37)30(21)38)35(41(26)17-18-7-8-18)22-11-10-20(36)16-24(22)39-32(35)44;/h4-6,9-12,15-16,18,26,28-29H,7-8,13-14,17H2,1-3H3,(H,39,44);1H4/t26-,28+,29-,35+;/m0./s1. The molecule has 13 heteroatoms. The van der Waals surface area contributed by atoms with Crippen LogP contribution in [0.15, 0.2) is 54.6 Å². The van der Waals surface area contributed by atoms with Crippen LogP contribution in [0.3, 0.4) is 0 Å². The van der Waals surface area contributed by atoms with Crippen LogP contribution in [0.2, 0.25) is 10.0 Å². The van der Waals surface area contributed by atoms with Crippen LogP contribution in [-0.2, 0) is 30.1 Å². The van der Waals surface area contributed by atoms with Crippen LogP contribution < -0.4 is 10.2 Å². The van der Waals surface area contributed by atoms with E-state index >= 15 is 4.39 Å². The van der Waals surface area contributed by atoms with Gasteiger partial charge in [-0.1, -0.05) is 54.9 Å². The first-order valence-corrected chi connectivity index (χ1v) is 16.6. The van der Waals surface area contributed by atoms with Crippen molar-refractivity contribution in [3.05, 3.63) is 97.3 Å². The van der Waals surface area contributed by atoms with E-state index in [0.29, 0.717) is 40.7 Å². The van der Waals surface area contributed by atoms with Gasteiger partial charge in [0.1, 0.15) is 17.0 Å². The molecule has 3 aromatic rings. The van der Waals surface area contributed by atoms with E-state index in [2.05, 4.69) is 10.2 Å². The van der Waals surface area contributed by atoms with Gasteiger partial charge in [-0.25, -0.2) is 4.39 Å². The Labute approximate surface area is 293 Å². The lowest BCUT2D eigenvalue weighted by Gasteiger charge is -2.40. The molecule has 0 bridgehead atoms. The van der Waals surface area contributed by atoms with Gasteiger partial charge in [0.15, 0.2) is 0 Å². The number of nitro groups is 1. The Morgan fingerprint density at radius 1 is 1.12 bits per heavy atom. The Morgan fingerprint density at radius 2 is 1.86 bits per heavy atom. The maximum atomic E-state index is 16.2. The van der Waals surface area contributed by atoms with Crippen LogP contribution in [0.4, 0.5) is 21.5 Å². The highest BCUT2D eigenvalue weighted by molar-refractivity contribution is 6.31. The molecule has 3 heterocycles. The zero-order valence-electron chi connectivity index (χ0n) is 26.5. The number of methoxy groups -OCH3 is 1. The van der Waals surface area contributed by atoms with Gasteiger partial charge in [-0.05, 0) is 74.4 Å². The first-order valence-electron chi connectivity index (χ1n) is 15.8. The minimum Gasteiger partial charge on any atom is -0.468 e. The van der Waals surface area contributed by atoms with Gasteiger partial charge in [0.2, 0.25) is 11.8 Å². The molecule has 1 spiro atoms. The second-order valence-electron chi connectivity index (χ2n) is 13.6. The Hall–Kier alpha value is -4.06. The van der Waals surface area contributed by atoms with E-state index in [1.165, 1.54) is 30.2 Å².